The highest BCUT2D eigenvalue weighted by molar-refractivity contribution is 7.80. The van der Waals surface area contributed by atoms with Crippen molar-refractivity contribution in [2.24, 2.45) is 5.90 Å². The van der Waals surface area contributed by atoms with E-state index in [2.05, 4.69) is 4.84 Å². The molecule has 0 heterocycles. The molecule has 0 aromatic heterocycles. The van der Waals surface area contributed by atoms with E-state index in [0.717, 1.165) is 16.0 Å². The maximum atomic E-state index is 8.84. The number of aliphatic hydroxyl groups excluding tert-OH is 1. The molecular weight excluding hydrogens is 174 g/mol. The Morgan fingerprint density at radius 1 is 1.67 bits per heavy atom. The van der Waals surface area contributed by atoms with Crippen molar-refractivity contribution in [3.63, 3.8) is 0 Å². The minimum Gasteiger partial charge on any atom is -0.392 e. The monoisotopic (exact) mass is 185 g/mol. The number of thiocarbonyl (C=S) groups is 1. The van der Waals surface area contributed by atoms with Gasteiger partial charge >= 0.3 is 0 Å². The molecule has 0 saturated heterocycles. The SMILES string of the molecule is NOCC1=CC(CO)=CCC1=S. The predicted molar refractivity (Wildman–Crippen MR) is 50.6 cm³/mol. The van der Waals surface area contributed by atoms with Crippen LogP contribution in [0.3, 0.4) is 0 Å². The Morgan fingerprint density at radius 3 is 3.00 bits per heavy atom. The maximum absolute atomic E-state index is 8.84. The topological polar surface area (TPSA) is 55.5 Å². The first kappa shape index (κ1) is 9.54. The van der Waals surface area contributed by atoms with Crippen LogP contribution in [0.5, 0.6) is 0 Å². The van der Waals surface area contributed by atoms with Gasteiger partial charge < -0.3 is 5.11 Å². The highest BCUT2D eigenvalue weighted by Gasteiger charge is 2.09. The third-order valence-corrected chi connectivity index (χ3v) is 2.12. The van der Waals surface area contributed by atoms with Gasteiger partial charge in [0.1, 0.15) is 0 Å². The van der Waals surface area contributed by atoms with Crippen LogP contribution in [0.15, 0.2) is 23.3 Å². The number of hydrogen-bond donors (Lipinski definition) is 2. The summed E-state index contributed by atoms with van der Waals surface area (Å²) >= 11 is 5.06. The zero-order chi connectivity index (χ0) is 8.97. The van der Waals surface area contributed by atoms with E-state index in [1.54, 1.807) is 0 Å². The van der Waals surface area contributed by atoms with Crippen LogP contribution >= 0.6 is 12.2 Å². The first-order chi connectivity index (χ1) is 5.77. The number of nitrogens with two attached hydrogens (primary N) is 1. The zero-order valence-electron chi connectivity index (χ0n) is 6.62. The Labute approximate surface area is 76.5 Å². The summed E-state index contributed by atoms with van der Waals surface area (Å²) in [6.45, 7) is 0.354. The van der Waals surface area contributed by atoms with Gasteiger partial charge in [-0.1, -0.05) is 24.4 Å². The third-order valence-electron chi connectivity index (χ3n) is 1.69. The maximum Gasteiger partial charge on any atom is 0.0941 e. The second-order valence-corrected chi connectivity index (χ2v) is 3.04. The van der Waals surface area contributed by atoms with Crippen molar-refractivity contribution in [2.45, 2.75) is 6.42 Å². The average Bonchev–Trinajstić information content (AvgIpc) is 2.09. The van der Waals surface area contributed by atoms with Crippen LogP contribution in [0.1, 0.15) is 6.42 Å². The summed E-state index contributed by atoms with van der Waals surface area (Å²) in [6, 6.07) is 0. The van der Waals surface area contributed by atoms with Crippen molar-refractivity contribution >= 4 is 17.1 Å². The first-order valence-electron chi connectivity index (χ1n) is 3.63. The molecule has 1 aliphatic rings. The van der Waals surface area contributed by atoms with Gasteiger partial charge in [0.05, 0.1) is 13.2 Å². The summed E-state index contributed by atoms with van der Waals surface area (Å²) in [7, 11) is 0. The van der Waals surface area contributed by atoms with Crippen LogP contribution in [0, 0.1) is 0 Å². The van der Waals surface area contributed by atoms with Crippen LogP contribution in [-0.2, 0) is 4.84 Å². The van der Waals surface area contributed by atoms with Gasteiger partial charge in [-0.15, -0.1) is 0 Å². The van der Waals surface area contributed by atoms with Crippen molar-refractivity contribution in [3.05, 3.63) is 23.3 Å². The van der Waals surface area contributed by atoms with Crippen LogP contribution in [-0.4, -0.2) is 23.2 Å². The van der Waals surface area contributed by atoms with E-state index < -0.39 is 0 Å². The molecule has 0 saturated carbocycles. The summed E-state index contributed by atoms with van der Waals surface area (Å²) in [5.41, 5.74) is 1.76. The smallest absolute Gasteiger partial charge is 0.0941 e. The molecule has 3 N–H and O–H groups in total. The minimum atomic E-state index is 0.0384. The molecule has 0 atom stereocenters. The second-order valence-electron chi connectivity index (χ2n) is 2.55. The molecule has 0 aliphatic heterocycles. The van der Waals surface area contributed by atoms with E-state index in [1.807, 2.05) is 12.2 Å². The van der Waals surface area contributed by atoms with Gasteiger partial charge in [0.2, 0.25) is 0 Å². The van der Waals surface area contributed by atoms with Gasteiger partial charge in [0.25, 0.3) is 0 Å². The highest BCUT2D eigenvalue weighted by Crippen LogP contribution is 2.15. The van der Waals surface area contributed by atoms with Crippen LogP contribution in [0.4, 0.5) is 0 Å². The predicted octanol–water partition coefficient (Wildman–Crippen LogP) is 0.495. The summed E-state index contributed by atoms with van der Waals surface area (Å²) < 4.78 is 0. The lowest BCUT2D eigenvalue weighted by atomic mass is 10.0. The molecule has 1 aliphatic carbocycles. The Hall–Kier alpha value is -0.550. The Bertz CT molecular complexity index is 245. The summed E-state index contributed by atoms with van der Waals surface area (Å²) in [6.07, 6.45) is 4.42. The van der Waals surface area contributed by atoms with Crippen LogP contribution < -0.4 is 5.90 Å². The van der Waals surface area contributed by atoms with E-state index in [1.165, 1.54) is 0 Å². The lowest BCUT2D eigenvalue weighted by Crippen LogP contribution is -2.13. The van der Waals surface area contributed by atoms with Crippen molar-refractivity contribution in [1.82, 2.24) is 0 Å². The van der Waals surface area contributed by atoms with Gasteiger partial charge in [-0.3, -0.25) is 4.84 Å². The molecular formula is C8H11NO2S. The van der Waals surface area contributed by atoms with Crippen molar-refractivity contribution in [1.29, 1.82) is 0 Å². The molecule has 66 valence electrons. The zero-order valence-corrected chi connectivity index (χ0v) is 7.43. The summed E-state index contributed by atoms with van der Waals surface area (Å²) in [5.74, 6) is 4.93. The first-order valence-corrected chi connectivity index (χ1v) is 4.04. The minimum absolute atomic E-state index is 0.0384. The Balaban J connectivity index is 2.72. The van der Waals surface area contributed by atoms with E-state index >= 15 is 0 Å². The number of hydrogen-bond acceptors (Lipinski definition) is 4. The van der Waals surface area contributed by atoms with E-state index in [9.17, 15) is 0 Å². The van der Waals surface area contributed by atoms with E-state index in [4.69, 9.17) is 23.2 Å². The second kappa shape index (κ2) is 4.47. The fourth-order valence-corrected chi connectivity index (χ4v) is 1.24. The van der Waals surface area contributed by atoms with Crippen LogP contribution in [0.25, 0.3) is 0 Å². The van der Waals surface area contributed by atoms with Gasteiger partial charge in [0, 0.05) is 11.3 Å². The standard InChI is InChI=1S/C8H11NO2S/c9-11-5-7-3-6(4-10)1-2-8(7)12/h1,3,10H,2,4-5,9H2. The van der Waals surface area contributed by atoms with E-state index in [0.29, 0.717) is 13.0 Å². The van der Waals surface area contributed by atoms with Gasteiger partial charge in [-0.25, -0.2) is 5.90 Å². The normalized spacial score (nSPS) is 17.3. The molecule has 1 rings (SSSR count). The Kier molecular flexibility index (Phi) is 3.55. The lowest BCUT2D eigenvalue weighted by Gasteiger charge is -2.12. The molecule has 0 spiro atoms. The molecule has 0 aromatic carbocycles. The molecule has 12 heavy (non-hydrogen) atoms. The Morgan fingerprint density at radius 2 is 2.42 bits per heavy atom. The molecule has 0 radical (unpaired) electrons. The van der Waals surface area contributed by atoms with Crippen LogP contribution in [0.2, 0.25) is 0 Å². The number of aliphatic hydroxyl groups is 1. The average molecular weight is 185 g/mol. The molecule has 0 aromatic rings. The molecule has 0 fully saturated rings. The largest absolute Gasteiger partial charge is 0.392 e. The highest BCUT2D eigenvalue weighted by atomic mass is 32.1. The van der Waals surface area contributed by atoms with Crippen molar-refractivity contribution in [3.8, 4) is 0 Å². The van der Waals surface area contributed by atoms with E-state index in [-0.39, 0.29) is 6.61 Å². The molecule has 0 bridgehead atoms. The van der Waals surface area contributed by atoms with Crippen molar-refractivity contribution in [2.75, 3.05) is 13.2 Å². The summed E-state index contributed by atoms with van der Waals surface area (Å²) in [5, 5.41) is 8.84. The fraction of sp³-hybridized carbons (Fsp3) is 0.375. The quantitative estimate of drug-likeness (QED) is 0.496. The molecule has 0 unspecified atom stereocenters. The fourth-order valence-electron chi connectivity index (χ4n) is 1.04. The molecule has 4 heteroatoms. The lowest BCUT2D eigenvalue weighted by molar-refractivity contribution is 0.164. The molecule has 0 amide bonds. The summed E-state index contributed by atoms with van der Waals surface area (Å²) in [4.78, 5) is 5.31. The van der Waals surface area contributed by atoms with Crippen molar-refractivity contribution < 1.29 is 9.94 Å². The van der Waals surface area contributed by atoms with Gasteiger partial charge in [-0.05, 0) is 11.1 Å². The van der Waals surface area contributed by atoms with Gasteiger partial charge in [-0.2, -0.15) is 0 Å². The molecule has 3 nitrogen and oxygen atoms in total. The third kappa shape index (κ3) is 2.22. The van der Waals surface area contributed by atoms with Gasteiger partial charge in [0.15, 0.2) is 0 Å². The number of allylic oxidation sites excluding steroid dienone is 1. The number of rotatable bonds is 3.